The molecule has 0 spiro atoms. The van der Waals surface area contributed by atoms with Crippen LogP contribution in [0, 0.1) is 0 Å². The minimum absolute atomic E-state index is 0.0168. The van der Waals surface area contributed by atoms with Gasteiger partial charge in [0.2, 0.25) is 5.91 Å². The average molecular weight is 530 g/mol. The zero-order valence-electron chi connectivity index (χ0n) is 21.0. The quantitative estimate of drug-likeness (QED) is 0.605. The summed E-state index contributed by atoms with van der Waals surface area (Å²) in [5.74, 6) is 0.188. The second-order valence-electron chi connectivity index (χ2n) is 10.2. The summed E-state index contributed by atoms with van der Waals surface area (Å²) >= 11 is 0. The van der Waals surface area contributed by atoms with Crippen molar-refractivity contribution in [2.24, 2.45) is 0 Å². The summed E-state index contributed by atoms with van der Waals surface area (Å²) in [6, 6.07) is 5.09. The first-order valence-corrected chi connectivity index (χ1v) is 12.9. The van der Waals surface area contributed by atoms with E-state index in [-0.39, 0.29) is 35.9 Å². The molecule has 1 amide bonds. The second-order valence-corrected chi connectivity index (χ2v) is 10.2. The predicted octanol–water partition coefficient (Wildman–Crippen LogP) is 3.76. The lowest BCUT2D eigenvalue weighted by molar-refractivity contribution is -0.139. The summed E-state index contributed by atoms with van der Waals surface area (Å²) in [6.07, 6.45) is -0.726. The number of carbonyl (C=O) groups is 1. The Labute approximate surface area is 219 Å². The fourth-order valence-corrected chi connectivity index (χ4v) is 5.84. The summed E-state index contributed by atoms with van der Waals surface area (Å²) in [6.45, 7) is 8.70. The minimum Gasteiger partial charge on any atom is -0.486 e. The van der Waals surface area contributed by atoms with E-state index in [0.29, 0.717) is 63.9 Å². The van der Waals surface area contributed by atoms with Gasteiger partial charge in [0.1, 0.15) is 12.4 Å². The molecule has 1 aromatic carbocycles. The van der Waals surface area contributed by atoms with E-state index in [2.05, 4.69) is 26.7 Å². The Balaban J connectivity index is 1.25. The van der Waals surface area contributed by atoms with E-state index in [0.717, 1.165) is 17.7 Å². The summed E-state index contributed by atoms with van der Waals surface area (Å²) in [7, 11) is 0. The van der Waals surface area contributed by atoms with E-state index in [9.17, 15) is 18.0 Å². The molecule has 1 N–H and O–H groups in total. The number of nitrogens with zero attached hydrogens (tertiary/aromatic N) is 4. The van der Waals surface area contributed by atoms with Gasteiger partial charge in [-0.25, -0.2) is 4.98 Å². The SMILES string of the molecule is C=CC(=O)N1CC[C@H](N2CC(c3cc4c(c(C(F)(F)F)c3)OCc3c(N5CCOCC5)ccnc3N4)C2)C1. The number of halogens is 3. The maximum atomic E-state index is 14.2. The van der Waals surface area contributed by atoms with Crippen molar-refractivity contribution in [1.29, 1.82) is 0 Å². The summed E-state index contributed by atoms with van der Waals surface area (Å²) in [4.78, 5) is 22.5. The van der Waals surface area contributed by atoms with E-state index in [1.165, 1.54) is 12.1 Å². The van der Waals surface area contributed by atoms with Crippen LogP contribution < -0.4 is 15.0 Å². The maximum Gasteiger partial charge on any atom is 0.420 e. The standard InChI is InChI=1S/C27H30F3N5O3/c1-2-24(36)34-6-4-19(15-34)35-13-18(14-35)17-11-21(27(28,29)30)25-22(12-17)32-26-20(16-38-25)23(3-5-31-26)33-7-9-37-10-8-33/h2-3,5,11-12,18-19H,1,4,6-10,13-16H2,(H,31,32)/t19-/m0/s1. The van der Waals surface area contributed by atoms with E-state index in [1.54, 1.807) is 17.2 Å². The lowest BCUT2D eigenvalue weighted by Gasteiger charge is -2.43. The number of anilines is 3. The molecule has 0 unspecified atom stereocenters. The number of hydrogen-bond acceptors (Lipinski definition) is 7. The summed E-state index contributed by atoms with van der Waals surface area (Å²) in [5, 5.41) is 3.17. The molecule has 0 bridgehead atoms. The monoisotopic (exact) mass is 529 g/mol. The van der Waals surface area contributed by atoms with Crippen LogP contribution in [-0.4, -0.2) is 79.2 Å². The number of fused-ring (bicyclic) bond motifs is 2. The van der Waals surface area contributed by atoms with Crippen LogP contribution in [0.2, 0.25) is 0 Å². The molecule has 2 aromatic rings. The van der Waals surface area contributed by atoms with Crippen molar-refractivity contribution in [3.8, 4) is 5.75 Å². The number of likely N-dealkylation sites (tertiary alicyclic amines) is 2. The number of pyridine rings is 1. The number of carbonyl (C=O) groups excluding carboxylic acids is 1. The Kier molecular flexibility index (Phi) is 6.43. The van der Waals surface area contributed by atoms with Gasteiger partial charge in [0.25, 0.3) is 0 Å². The van der Waals surface area contributed by atoms with Crippen molar-refractivity contribution >= 4 is 23.1 Å². The Hall–Kier alpha value is -3.31. The Morgan fingerprint density at radius 1 is 1.16 bits per heavy atom. The van der Waals surface area contributed by atoms with Gasteiger partial charge in [0.05, 0.1) is 30.0 Å². The lowest BCUT2D eigenvalue weighted by atomic mass is 9.88. The molecule has 5 heterocycles. The fourth-order valence-electron chi connectivity index (χ4n) is 5.84. The number of aromatic nitrogens is 1. The molecule has 1 aromatic heterocycles. The van der Waals surface area contributed by atoms with Crippen LogP contribution in [0.4, 0.5) is 30.4 Å². The molecule has 0 aliphatic carbocycles. The maximum absolute atomic E-state index is 14.2. The van der Waals surface area contributed by atoms with E-state index in [4.69, 9.17) is 9.47 Å². The van der Waals surface area contributed by atoms with Crippen molar-refractivity contribution in [2.75, 3.05) is 62.7 Å². The van der Waals surface area contributed by atoms with Gasteiger partial charge in [-0.3, -0.25) is 9.69 Å². The van der Waals surface area contributed by atoms with E-state index >= 15 is 0 Å². The van der Waals surface area contributed by atoms with Crippen molar-refractivity contribution in [1.82, 2.24) is 14.8 Å². The second kappa shape index (κ2) is 9.77. The highest BCUT2D eigenvalue weighted by molar-refractivity contribution is 5.87. The summed E-state index contributed by atoms with van der Waals surface area (Å²) in [5.41, 5.74) is 1.74. The van der Waals surface area contributed by atoms with Crippen LogP contribution in [0.3, 0.4) is 0 Å². The van der Waals surface area contributed by atoms with Gasteiger partial charge >= 0.3 is 6.18 Å². The number of hydrogen-bond donors (Lipinski definition) is 1. The van der Waals surface area contributed by atoms with Crippen LogP contribution in [0.25, 0.3) is 0 Å². The zero-order valence-corrected chi connectivity index (χ0v) is 21.0. The normalized spacial score (nSPS) is 22.0. The zero-order chi connectivity index (χ0) is 26.4. The van der Waals surface area contributed by atoms with Crippen LogP contribution in [0.15, 0.2) is 37.1 Å². The van der Waals surface area contributed by atoms with Crippen LogP contribution >= 0.6 is 0 Å². The lowest BCUT2D eigenvalue weighted by Crippen LogP contribution is -2.51. The third-order valence-corrected chi connectivity index (χ3v) is 7.96. The molecule has 38 heavy (non-hydrogen) atoms. The smallest absolute Gasteiger partial charge is 0.420 e. The van der Waals surface area contributed by atoms with Crippen molar-refractivity contribution < 1.29 is 27.4 Å². The fraction of sp³-hybridized carbons (Fsp3) is 0.481. The van der Waals surface area contributed by atoms with Crippen molar-refractivity contribution in [2.45, 2.75) is 31.2 Å². The third kappa shape index (κ3) is 4.58. The number of alkyl halides is 3. The molecule has 3 saturated heterocycles. The van der Waals surface area contributed by atoms with Crippen LogP contribution in [0.1, 0.15) is 29.0 Å². The van der Waals surface area contributed by atoms with Crippen LogP contribution in [-0.2, 0) is 22.3 Å². The molecule has 4 aliphatic heterocycles. The van der Waals surface area contributed by atoms with Crippen LogP contribution in [0.5, 0.6) is 5.75 Å². The molecule has 4 aliphatic rings. The van der Waals surface area contributed by atoms with E-state index < -0.39 is 11.7 Å². The molecule has 11 heteroatoms. The van der Waals surface area contributed by atoms with Gasteiger partial charge in [-0.15, -0.1) is 0 Å². The van der Waals surface area contributed by atoms with Gasteiger partial charge in [-0.1, -0.05) is 6.58 Å². The van der Waals surface area contributed by atoms with Crippen molar-refractivity contribution in [3.63, 3.8) is 0 Å². The average Bonchev–Trinajstić information content (AvgIpc) is 3.28. The molecule has 202 valence electrons. The Morgan fingerprint density at radius 2 is 1.95 bits per heavy atom. The van der Waals surface area contributed by atoms with Gasteiger partial charge in [-0.05, 0) is 36.3 Å². The van der Waals surface area contributed by atoms with Gasteiger partial charge in [0, 0.05) is 63.1 Å². The molecule has 0 saturated carbocycles. The van der Waals surface area contributed by atoms with Gasteiger partial charge < -0.3 is 24.6 Å². The Morgan fingerprint density at radius 3 is 2.68 bits per heavy atom. The number of rotatable bonds is 4. The highest BCUT2D eigenvalue weighted by Gasteiger charge is 2.41. The highest BCUT2D eigenvalue weighted by Crippen LogP contribution is 2.47. The van der Waals surface area contributed by atoms with Gasteiger partial charge in [0.15, 0.2) is 5.75 Å². The number of benzene rings is 1. The van der Waals surface area contributed by atoms with Gasteiger partial charge in [-0.2, -0.15) is 13.2 Å². The minimum atomic E-state index is -4.57. The highest BCUT2D eigenvalue weighted by atomic mass is 19.4. The van der Waals surface area contributed by atoms with E-state index in [1.807, 2.05) is 6.07 Å². The molecular formula is C27H30F3N5O3. The summed E-state index contributed by atoms with van der Waals surface area (Å²) < 4.78 is 54.1. The number of morpholine rings is 1. The molecule has 1 atom stereocenters. The Bertz CT molecular complexity index is 1240. The molecule has 0 radical (unpaired) electrons. The first-order chi connectivity index (χ1) is 18.3. The molecule has 6 rings (SSSR count). The topological polar surface area (TPSA) is 70.2 Å². The molecule has 8 nitrogen and oxygen atoms in total. The molecular weight excluding hydrogens is 499 g/mol. The predicted molar refractivity (Wildman–Crippen MR) is 136 cm³/mol. The first-order valence-electron chi connectivity index (χ1n) is 12.9. The number of ether oxygens (including phenoxy) is 2. The molecule has 3 fully saturated rings. The largest absolute Gasteiger partial charge is 0.486 e. The first kappa shape index (κ1) is 25.0. The number of amides is 1. The third-order valence-electron chi connectivity index (χ3n) is 7.96. The number of nitrogens with one attached hydrogen (secondary N) is 1. The van der Waals surface area contributed by atoms with Crippen molar-refractivity contribution in [3.05, 3.63) is 53.7 Å².